The third-order valence-corrected chi connectivity index (χ3v) is 3.81. The normalized spacial score (nSPS) is 30.4. The Bertz CT molecular complexity index is 334. The summed E-state index contributed by atoms with van der Waals surface area (Å²) in [6, 6.07) is -0.552. The van der Waals surface area contributed by atoms with Crippen molar-refractivity contribution in [1.29, 1.82) is 0 Å². The molecule has 5 nitrogen and oxygen atoms in total. The minimum absolute atomic E-state index is 0.202. The van der Waals surface area contributed by atoms with Gasteiger partial charge in [-0.15, -0.1) is 0 Å². The maximum absolute atomic E-state index is 11.6. The molecule has 2 rings (SSSR count). The molecule has 2 aliphatic rings. The Kier molecular flexibility index (Phi) is 3.45. The second kappa shape index (κ2) is 4.85. The van der Waals surface area contributed by atoms with Gasteiger partial charge in [-0.3, -0.25) is 19.8 Å². The average Bonchev–Trinajstić information content (AvgIpc) is 2.25. The smallest absolute Gasteiger partial charge is 0.277 e. The van der Waals surface area contributed by atoms with E-state index in [0.29, 0.717) is 18.4 Å². The average molecular weight is 238 g/mol. The van der Waals surface area contributed by atoms with Crippen LogP contribution in [0.5, 0.6) is 0 Å². The summed E-state index contributed by atoms with van der Waals surface area (Å²) < 4.78 is 0. The summed E-state index contributed by atoms with van der Waals surface area (Å²) in [7, 11) is 0. The van der Waals surface area contributed by atoms with Crippen molar-refractivity contribution in [2.24, 2.45) is 11.8 Å². The van der Waals surface area contributed by atoms with Crippen LogP contribution < -0.4 is 5.32 Å². The van der Waals surface area contributed by atoms with Crippen molar-refractivity contribution in [3.8, 4) is 0 Å². The summed E-state index contributed by atoms with van der Waals surface area (Å²) in [6.45, 7) is 2.63. The number of nitrogens with zero attached hydrogens (tertiary/aromatic N) is 1. The second-order valence-electron chi connectivity index (χ2n) is 5.06. The molecule has 17 heavy (non-hydrogen) atoms. The van der Waals surface area contributed by atoms with E-state index in [1.165, 1.54) is 11.3 Å². The third-order valence-electron chi connectivity index (χ3n) is 3.81. The zero-order valence-electron chi connectivity index (χ0n) is 10.1. The molecule has 0 spiro atoms. The summed E-state index contributed by atoms with van der Waals surface area (Å²) in [5, 5.41) is 2.19. The van der Waals surface area contributed by atoms with Crippen molar-refractivity contribution >= 4 is 17.8 Å². The molecule has 0 aromatic heterocycles. The Morgan fingerprint density at radius 2 is 1.94 bits per heavy atom. The van der Waals surface area contributed by atoms with Crippen LogP contribution in [0.15, 0.2) is 0 Å². The first-order valence-corrected chi connectivity index (χ1v) is 6.22. The number of nitrogens with one attached hydrogen (secondary N) is 1. The lowest BCUT2D eigenvalue weighted by molar-refractivity contribution is -0.136. The SMILES string of the molecule is CC1CCCCC1CN1C(=O)CC(=O)NC1=O. The van der Waals surface area contributed by atoms with Gasteiger partial charge in [0.05, 0.1) is 0 Å². The van der Waals surface area contributed by atoms with Gasteiger partial charge in [0.1, 0.15) is 6.42 Å². The molecule has 0 aromatic rings. The summed E-state index contributed by atoms with van der Waals surface area (Å²) in [4.78, 5) is 35.4. The van der Waals surface area contributed by atoms with Crippen molar-refractivity contribution in [2.45, 2.75) is 39.0 Å². The number of carbonyl (C=O) groups excluding carboxylic acids is 3. The van der Waals surface area contributed by atoms with E-state index in [0.717, 1.165) is 19.3 Å². The maximum Gasteiger partial charge on any atom is 0.330 e. The van der Waals surface area contributed by atoms with Crippen LogP contribution in [0.4, 0.5) is 4.79 Å². The number of imide groups is 2. The predicted octanol–water partition coefficient (Wildman–Crippen LogP) is 1.28. The first kappa shape index (κ1) is 12.1. The molecule has 1 N–H and O–H groups in total. The monoisotopic (exact) mass is 238 g/mol. The molecule has 1 aliphatic carbocycles. The Morgan fingerprint density at radius 1 is 1.24 bits per heavy atom. The van der Waals surface area contributed by atoms with E-state index in [9.17, 15) is 14.4 Å². The van der Waals surface area contributed by atoms with Crippen LogP contribution in [0.3, 0.4) is 0 Å². The molecule has 0 aromatic carbocycles. The Balaban J connectivity index is 1.99. The molecule has 5 heteroatoms. The standard InChI is InChI=1S/C12H18N2O3/c1-8-4-2-3-5-9(8)7-14-11(16)6-10(15)13-12(14)17/h8-9H,2-7H2,1H3,(H,13,15,17). The highest BCUT2D eigenvalue weighted by molar-refractivity contribution is 6.14. The highest BCUT2D eigenvalue weighted by Crippen LogP contribution is 2.30. The van der Waals surface area contributed by atoms with Crippen molar-refractivity contribution < 1.29 is 14.4 Å². The van der Waals surface area contributed by atoms with Crippen LogP contribution in [0.2, 0.25) is 0 Å². The van der Waals surface area contributed by atoms with Crippen molar-refractivity contribution in [2.75, 3.05) is 6.54 Å². The lowest BCUT2D eigenvalue weighted by Crippen LogP contribution is -2.54. The van der Waals surface area contributed by atoms with Gasteiger partial charge in [0.15, 0.2) is 0 Å². The Hall–Kier alpha value is -1.39. The first-order chi connectivity index (χ1) is 8.08. The number of urea groups is 1. The van der Waals surface area contributed by atoms with Gasteiger partial charge < -0.3 is 0 Å². The van der Waals surface area contributed by atoms with E-state index in [1.54, 1.807) is 0 Å². The molecule has 1 heterocycles. The van der Waals surface area contributed by atoms with E-state index < -0.39 is 11.9 Å². The van der Waals surface area contributed by atoms with Gasteiger partial charge in [0.25, 0.3) is 0 Å². The first-order valence-electron chi connectivity index (χ1n) is 6.22. The van der Waals surface area contributed by atoms with Gasteiger partial charge in [0, 0.05) is 6.54 Å². The molecule has 2 atom stereocenters. The van der Waals surface area contributed by atoms with Gasteiger partial charge in [-0.1, -0.05) is 26.2 Å². The van der Waals surface area contributed by atoms with E-state index in [-0.39, 0.29) is 12.3 Å². The van der Waals surface area contributed by atoms with Gasteiger partial charge >= 0.3 is 6.03 Å². The van der Waals surface area contributed by atoms with Crippen molar-refractivity contribution in [3.05, 3.63) is 0 Å². The molecular formula is C12H18N2O3. The van der Waals surface area contributed by atoms with Gasteiger partial charge in [-0.2, -0.15) is 0 Å². The molecule has 0 radical (unpaired) electrons. The number of amides is 4. The topological polar surface area (TPSA) is 66.5 Å². The number of hydrogen-bond donors (Lipinski definition) is 1. The van der Waals surface area contributed by atoms with Crippen LogP contribution in [0.25, 0.3) is 0 Å². The molecule has 1 saturated heterocycles. The minimum atomic E-state index is -0.552. The number of rotatable bonds is 2. The molecule has 2 fully saturated rings. The summed E-state index contributed by atoms with van der Waals surface area (Å²) in [5.74, 6) is 0.0677. The van der Waals surface area contributed by atoms with Crippen LogP contribution in [-0.4, -0.2) is 29.3 Å². The van der Waals surface area contributed by atoms with Crippen molar-refractivity contribution in [1.82, 2.24) is 10.2 Å². The molecule has 4 amide bonds. The second-order valence-corrected chi connectivity index (χ2v) is 5.06. The van der Waals surface area contributed by atoms with Crippen LogP contribution >= 0.6 is 0 Å². The van der Waals surface area contributed by atoms with Crippen LogP contribution in [0, 0.1) is 11.8 Å². The number of hydrogen-bond acceptors (Lipinski definition) is 3. The van der Waals surface area contributed by atoms with Gasteiger partial charge in [-0.25, -0.2) is 4.79 Å². The molecule has 1 aliphatic heterocycles. The Labute approximate surface area is 101 Å². The quantitative estimate of drug-likeness (QED) is 0.737. The fourth-order valence-corrected chi connectivity index (χ4v) is 2.66. The zero-order chi connectivity index (χ0) is 12.4. The largest absolute Gasteiger partial charge is 0.330 e. The molecule has 1 saturated carbocycles. The van der Waals surface area contributed by atoms with Crippen LogP contribution in [0.1, 0.15) is 39.0 Å². The highest BCUT2D eigenvalue weighted by atomic mass is 16.2. The van der Waals surface area contributed by atoms with E-state index >= 15 is 0 Å². The molecule has 94 valence electrons. The fraction of sp³-hybridized carbons (Fsp3) is 0.750. The summed E-state index contributed by atoms with van der Waals surface area (Å²) in [5.41, 5.74) is 0. The highest BCUT2D eigenvalue weighted by Gasteiger charge is 2.34. The summed E-state index contributed by atoms with van der Waals surface area (Å²) in [6.07, 6.45) is 4.42. The Morgan fingerprint density at radius 3 is 2.59 bits per heavy atom. The lowest BCUT2D eigenvalue weighted by Gasteiger charge is -2.34. The van der Waals surface area contributed by atoms with E-state index in [1.807, 2.05) is 0 Å². The van der Waals surface area contributed by atoms with E-state index in [2.05, 4.69) is 12.2 Å². The van der Waals surface area contributed by atoms with E-state index in [4.69, 9.17) is 0 Å². The summed E-state index contributed by atoms with van der Waals surface area (Å²) >= 11 is 0. The third kappa shape index (κ3) is 2.65. The minimum Gasteiger partial charge on any atom is -0.277 e. The predicted molar refractivity (Wildman–Crippen MR) is 61.0 cm³/mol. The van der Waals surface area contributed by atoms with Gasteiger partial charge in [-0.05, 0) is 18.3 Å². The zero-order valence-corrected chi connectivity index (χ0v) is 10.1. The van der Waals surface area contributed by atoms with Gasteiger partial charge in [0.2, 0.25) is 11.8 Å². The van der Waals surface area contributed by atoms with Crippen LogP contribution in [-0.2, 0) is 9.59 Å². The number of carbonyl (C=O) groups is 3. The van der Waals surface area contributed by atoms with Crippen molar-refractivity contribution in [3.63, 3.8) is 0 Å². The fourth-order valence-electron chi connectivity index (χ4n) is 2.66. The molecule has 0 bridgehead atoms. The maximum atomic E-state index is 11.6. The number of barbiturate groups is 1. The lowest BCUT2D eigenvalue weighted by atomic mass is 9.80. The molecule has 2 unspecified atom stereocenters. The molecular weight excluding hydrogens is 220 g/mol.